The lowest BCUT2D eigenvalue weighted by molar-refractivity contribution is -0.115. The van der Waals surface area contributed by atoms with E-state index >= 15 is 0 Å². The summed E-state index contributed by atoms with van der Waals surface area (Å²) in [4.78, 5) is 12.3. The van der Waals surface area contributed by atoms with Gasteiger partial charge in [-0.1, -0.05) is 49.8 Å². The molecule has 1 aliphatic heterocycles. The van der Waals surface area contributed by atoms with Gasteiger partial charge in [-0.25, -0.2) is 0 Å². The van der Waals surface area contributed by atoms with Crippen molar-refractivity contribution in [2.45, 2.75) is 53.4 Å². The van der Waals surface area contributed by atoms with E-state index in [1.54, 1.807) is 0 Å². The number of benzene rings is 1. The topological polar surface area (TPSA) is 29.1 Å². The lowest BCUT2D eigenvalue weighted by Crippen LogP contribution is -2.18. The van der Waals surface area contributed by atoms with E-state index in [9.17, 15) is 4.79 Å². The second kappa shape index (κ2) is 6.43. The van der Waals surface area contributed by atoms with E-state index in [0.717, 1.165) is 35.3 Å². The van der Waals surface area contributed by atoms with Crippen molar-refractivity contribution in [3.05, 3.63) is 69.5 Å². The van der Waals surface area contributed by atoms with E-state index in [-0.39, 0.29) is 5.91 Å². The molecule has 1 heterocycles. The Morgan fingerprint density at radius 3 is 2.54 bits per heavy atom. The van der Waals surface area contributed by atoms with Crippen molar-refractivity contribution < 1.29 is 4.79 Å². The van der Waals surface area contributed by atoms with Gasteiger partial charge in [-0.05, 0) is 56.2 Å². The van der Waals surface area contributed by atoms with E-state index in [2.05, 4.69) is 56.4 Å². The molecule has 0 saturated carbocycles. The van der Waals surface area contributed by atoms with Gasteiger partial charge in [-0.3, -0.25) is 4.79 Å². The Hall–Kier alpha value is -2.09. The number of nitrogens with one attached hydrogen (secondary N) is 1. The largest absolute Gasteiger partial charge is 0.322 e. The number of hydrogen-bond acceptors (Lipinski definition) is 1. The van der Waals surface area contributed by atoms with Gasteiger partial charge in [0.15, 0.2) is 0 Å². The third kappa shape index (κ3) is 2.75. The first-order valence-corrected chi connectivity index (χ1v) is 8.98. The van der Waals surface area contributed by atoms with Crippen LogP contribution in [0.15, 0.2) is 52.8 Å². The summed E-state index contributed by atoms with van der Waals surface area (Å²) in [6.45, 7) is 10.7. The second-order valence-electron chi connectivity index (χ2n) is 7.13. The average molecular weight is 321 g/mol. The first-order chi connectivity index (χ1) is 11.5. The minimum atomic E-state index is 0.0435. The number of fused-ring (bicyclic) bond motifs is 1. The van der Waals surface area contributed by atoms with Crippen molar-refractivity contribution in [1.82, 2.24) is 5.32 Å². The number of allylic oxidation sites excluding steroid dienone is 4. The van der Waals surface area contributed by atoms with Crippen molar-refractivity contribution in [1.29, 1.82) is 0 Å². The number of hydrogen-bond donors (Lipinski definition) is 1. The maximum atomic E-state index is 12.3. The molecule has 0 aromatic heterocycles. The Morgan fingerprint density at radius 1 is 1.17 bits per heavy atom. The van der Waals surface area contributed by atoms with Crippen LogP contribution in [-0.2, 0) is 11.2 Å². The van der Waals surface area contributed by atoms with Crippen LogP contribution in [0.3, 0.4) is 0 Å². The zero-order valence-corrected chi connectivity index (χ0v) is 15.4. The molecule has 0 bridgehead atoms. The minimum Gasteiger partial charge on any atom is -0.322 e. The number of carbonyl (C=O) groups excluding carboxylic acids is 1. The Morgan fingerprint density at radius 2 is 1.92 bits per heavy atom. The van der Waals surface area contributed by atoms with E-state index in [1.807, 2.05) is 13.8 Å². The first-order valence-electron chi connectivity index (χ1n) is 8.98. The van der Waals surface area contributed by atoms with Gasteiger partial charge in [-0.2, -0.15) is 0 Å². The van der Waals surface area contributed by atoms with Crippen LogP contribution in [0.5, 0.6) is 0 Å². The van der Waals surface area contributed by atoms with Crippen LogP contribution in [0.2, 0.25) is 0 Å². The molecule has 0 radical (unpaired) electrons. The standard InChI is InChI=1S/C22H27NO/c1-6-15-9-8-14(5)17(10-15)18-12-19-20(11-16(18)7-2)23-22(24)21(19)13(3)4/h8-12,16,18H,6-7H2,1-5H3,(H,23,24). The molecule has 24 heavy (non-hydrogen) atoms. The summed E-state index contributed by atoms with van der Waals surface area (Å²) < 4.78 is 0. The Kier molecular flexibility index (Phi) is 4.49. The summed E-state index contributed by atoms with van der Waals surface area (Å²) in [5, 5.41) is 3.06. The molecule has 126 valence electrons. The second-order valence-corrected chi connectivity index (χ2v) is 7.13. The molecule has 1 aliphatic carbocycles. The molecule has 2 nitrogen and oxygen atoms in total. The van der Waals surface area contributed by atoms with Crippen molar-refractivity contribution in [3.8, 4) is 0 Å². The molecule has 1 aromatic carbocycles. The fourth-order valence-corrected chi connectivity index (χ4v) is 3.89. The lowest BCUT2D eigenvalue weighted by atomic mass is 9.76. The summed E-state index contributed by atoms with van der Waals surface area (Å²) >= 11 is 0. The van der Waals surface area contributed by atoms with Crippen LogP contribution in [0.1, 0.15) is 56.7 Å². The van der Waals surface area contributed by atoms with Crippen molar-refractivity contribution >= 4 is 5.91 Å². The Bertz CT molecular complexity index is 775. The molecule has 2 atom stereocenters. The summed E-state index contributed by atoms with van der Waals surface area (Å²) in [7, 11) is 0. The molecule has 1 amide bonds. The van der Waals surface area contributed by atoms with E-state index in [0.29, 0.717) is 11.8 Å². The maximum Gasteiger partial charge on any atom is 0.256 e. The number of rotatable bonds is 3. The summed E-state index contributed by atoms with van der Waals surface area (Å²) in [5.41, 5.74) is 8.14. The molecule has 0 spiro atoms. The molecule has 2 heteroatoms. The highest BCUT2D eigenvalue weighted by Gasteiger charge is 2.34. The molecule has 3 rings (SSSR count). The summed E-state index contributed by atoms with van der Waals surface area (Å²) in [6.07, 6.45) is 6.71. The van der Waals surface area contributed by atoms with Crippen molar-refractivity contribution in [2.24, 2.45) is 5.92 Å². The predicted molar refractivity (Wildman–Crippen MR) is 99.8 cm³/mol. The van der Waals surface area contributed by atoms with Gasteiger partial charge < -0.3 is 5.32 Å². The van der Waals surface area contributed by atoms with Crippen LogP contribution >= 0.6 is 0 Å². The average Bonchev–Trinajstić information content (AvgIpc) is 2.89. The van der Waals surface area contributed by atoms with Gasteiger partial charge in [0.05, 0.1) is 0 Å². The van der Waals surface area contributed by atoms with Crippen LogP contribution in [0.4, 0.5) is 0 Å². The SMILES string of the molecule is CCc1ccc(C)c(C2C=C3C(=CC2CC)NC(=O)C3=C(C)C)c1. The van der Waals surface area contributed by atoms with E-state index in [4.69, 9.17) is 0 Å². The van der Waals surface area contributed by atoms with Gasteiger partial charge in [0.1, 0.15) is 0 Å². The number of carbonyl (C=O) groups is 1. The van der Waals surface area contributed by atoms with Gasteiger partial charge in [0.25, 0.3) is 5.91 Å². The number of aryl methyl sites for hydroxylation is 2. The molecule has 2 aliphatic rings. The summed E-state index contributed by atoms with van der Waals surface area (Å²) in [6, 6.07) is 6.81. The van der Waals surface area contributed by atoms with Crippen molar-refractivity contribution in [2.75, 3.05) is 0 Å². The fourth-order valence-electron chi connectivity index (χ4n) is 3.89. The van der Waals surface area contributed by atoms with Crippen LogP contribution in [0.25, 0.3) is 0 Å². The van der Waals surface area contributed by atoms with Gasteiger partial charge in [-0.15, -0.1) is 0 Å². The molecule has 1 fully saturated rings. The van der Waals surface area contributed by atoms with Crippen LogP contribution in [0, 0.1) is 12.8 Å². The predicted octanol–water partition coefficient (Wildman–Crippen LogP) is 4.96. The van der Waals surface area contributed by atoms with Crippen LogP contribution in [-0.4, -0.2) is 5.91 Å². The van der Waals surface area contributed by atoms with Crippen LogP contribution < -0.4 is 5.32 Å². The quantitative estimate of drug-likeness (QED) is 0.784. The van der Waals surface area contributed by atoms with Gasteiger partial charge in [0, 0.05) is 22.8 Å². The highest BCUT2D eigenvalue weighted by Crippen LogP contribution is 2.42. The number of amides is 1. The normalized spacial score (nSPS) is 22.7. The lowest BCUT2D eigenvalue weighted by Gasteiger charge is -2.28. The monoisotopic (exact) mass is 321 g/mol. The first kappa shape index (κ1) is 16.8. The fraction of sp³-hybridized carbons (Fsp3) is 0.409. The Balaban J connectivity index is 2.13. The highest BCUT2D eigenvalue weighted by atomic mass is 16.2. The highest BCUT2D eigenvalue weighted by molar-refractivity contribution is 6.05. The molecule has 2 unspecified atom stereocenters. The maximum absolute atomic E-state index is 12.3. The molecular weight excluding hydrogens is 294 g/mol. The summed E-state index contributed by atoms with van der Waals surface area (Å²) in [5.74, 6) is 0.802. The molecule has 1 saturated heterocycles. The van der Waals surface area contributed by atoms with E-state index in [1.165, 1.54) is 16.7 Å². The van der Waals surface area contributed by atoms with Gasteiger partial charge >= 0.3 is 0 Å². The van der Waals surface area contributed by atoms with Crippen molar-refractivity contribution in [3.63, 3.8) is 0 Å². The zero-order chi connectivity index (χ0) is 17.4. The molecule has 1 N–H and O–H groups in total. The minimum absolute atomic E-state index is 0.0435. The third-order valence-corrected chi connectivity index (χ3v) is 5.31. The molecular formula is C22H27NO. The zero-order valence-electron chi connectivity index (χ0n) is 15.4. The molecule has 1 aromatic rings. The smallest absolute Gasteiger partial charge is 0.256 e. The van der Waals surface area contributed by atoms with E-state index < -0.39 is 0 Å². The third-order valence-electron chi connectivity index (χ3n) is 5.31. The Labute approximate surface area is 145 Å². The van der Waals surface area contributed by atoms with Gasteiger partial charge in [0.2, 0.25) is 0 Å².